The Labute approximate surface area is 244 Å². The van der Waals surface area contributed by atoms with Gasteiger partial charge in [0.25, 0.3) is 0 Å². The average Bonchev–Trinajstić information content (AvgIpc) is 3.53. The molecule has 4 heterocycles. The molecule has 12 nitrogen and oxygen atoms in total. The van der Waals surface area contributed by atoms with Gasteiger partial charge in [0.05, 0.1) is 12.7 Å². The number of aromatic nitrogens is 8. The molecule has 0 fully saturated rings. The third kappa shape index (κ3) is 6.07. The van der Waals surface area contributed by atoms with Gasteiger partial charge in [0.15, 0.2) is 22.9 Å². The Kier molecular flexibility index (Phi) is 7.87. The molecule has 0 atom stereocenters. The number of imidazole rings is 2. The second-order valence-electron chi connectivity index (χ2n) is 10.5. The van der Waals surface area contributed by atoms with E-state index in [0.29, 0.717) is 47.8 Å². The molecule has 0 radical (unpaired) electrons. The standard InChI is InChI=1S/2C15H18N6/c1-9-4-5-11(6-10(9)2)7-17-15-19-13(16)12-14(20-15)18-8-21(12)3;1-9-4-5-11(6-10(9)2)7-17-15-19-13(16)12-14(20-15)21(3)8-18-12/h2*4-6,8H,7H2,1-3H3,(H3,16,17,19,20). The van der Waals surface area contributed by atoms with Gasteiger partial charge in [-0.1, -0.05) is 36.4 Å². The fourth-order valence-corrected chi connectivity index (χ4v) is 4.46. The minimum absolute atomic E-state index is 0.392. The quantitative estimate of drug-likeness (QED) is 0.229. The van der Waals surface area contributed by atoms with Crippen molar-refractivity contribution in [3.05, 3.63) is 82.4 Å². The number of nitrogens with zero attached hydrogens (tertiary/aromatic N) is 8. The topological polar surface area (TPSA) is 163 Å². The molecule has 0 aliphatic heterocycles. The Hall–Kier alpha value is -5.26. The van der Waals surface area contributed by atoms with Crippen molar-refractivity contribution >= 4 is 45.9 Å². The Morgan fingerprint density at radius 2 is 1.19 bits per heavy atom. The summed E-state index contributed by atoms with van der Waals surface area (Å²) in [6, 6.07) is 12.7. The van der Waals surface area contributed by atoms with Crippen molar-refractivity contribution in [1.82, 2.24) is 39.0 Å². The first-order chi connectivity index (χ1) is 20.1. The summed E-state index contributed by atoms with van der Waals surface area (Å²) >= 11 is 0. The van der Waals surface area contributed by atoms with Crippen molar-refractivity contribution < 1.29 is 0 Å². The first-order valence-corrected chi connectivity index (χ1v) is 13.6. The lowest BCUT2D eigenvalue weighted by Gasteiger charge is -2.08. The van der Waals surface area contributed by atoms with Gasteiger partial charge in [0.1, 0.15) is 11.0 Å². The summed E-state index contributed by atoms with van der Waals surface area (Å²) in [4.78, 5) is 25.8. The van der Waals surface area contributed by atoms with Crippen LogP contribution in [-0.4, -0.2) is 39.0 Å². The van der Waals surface area contributed by atoms with Crippen LogP contribution in [0.3, 0.4) is 0 Å². The predicted octanol–water partition coefficient (Wildman–Crippen LogP) is 4.35. The fourth-order valence-electron chi connectivity index (χ4n) is 4.46. The second-order valence-corrected chi connectivity index (χ2v) is 10.5. The number of benzene rings is 2. The Morgan fingerprint density at radius 3 is 1.79 bits per heavy atom. The Morgan fingerprint density at radius 1 is 0.643 bits per heavy atom. The lowest BCUT2D eigenvalue weighted by molar-refractivity contribution is 0.926. The lowest BCUT2D eigenvalue weighted by Crippen LogP contribution is -2.07. The minimum Gasteiger partial charge on any atom is -0.382 e. The smallest absolute Gasteiger partial charge is 0.227 e. The normalized spacial score (nSPS) is 11.0. The van der Waals surface area contributed by atoms with Crippen LogP contribution in [0, 0.1) is 27.7 Å². The van der Waals surface area contributed by atoms with Crippen LogP contribution in [0.15, 0.2) is 49.1 Å². The lowest BCUT2D eigenvalue weighted by atomic mass is 10.1. The van der Waals surface area contributed by atoms with E-state index in [2.05, 4.69) is 105 Å². The van der Waals surface area contributed by atoms with Crippen LogP contribution in [0.2, 0.25) is 0 Å². The number of nitrogens with two attached hydrogens (primary N) is 2. The first kappa shape index (κ1) is 28.3. The fraction of sp³-hybridized carbons (Fsp3) is 0.267. The second kappa shape index (κ2) is 11.7. The van der Waals surface area contributed by atoms with Gasteiger partial charge in [-0.2, -0.15) is 19.9 Å². The van der Waals surface area contributed by atoms with Gasteiger partial charge in [-0.15, -0.1) is 0 Å². The highest BCUT2D eigenvalue weighted by Gasteiger charge is 2.11. The maximum atomic E-state index is 5.96. The summed E-state index contributed by atoms with van der Waals surface area (Å²) in [7, 11) is 3.76. The monoisotopic (exact) mass is 564 g/mol. The van der Waals surface area contributed by atoms with E-state index in [1.807, 2.05) is 23.2 Å². The molecule has 0 aliphatic carbocycles. The van der Waals surface area contributed by atoms with Crippen molar-refractivity contribution in [2.24, 2.45) is 14.1 Å². The van der Waals surface area contributed by atoms with E-state index < -0.39 is 0 Å². The minimum atomic E-state index is 0.392. The highest BCUT2D eigenvalue weighted by molar-refractivity contribution is 5.83. The molecule has 0 unspecified atom stereocenters. The first-order valence-electron chi connectivity index (χ1n) is 13.6. The molecule has 0 saturated carbocycles. The summed E-state index contributed by atoms with van der Waals surface area (Å²) in [6.45, 7) is 9.73. The summed E-state index contributed by atoms with van der Waals surface area (Å²) in [5.41, 5.74) is 22.1. The van der Waals surface area contributed by atoms with E-state index in [-0.39, 0.29) is 0 Å². The van der Waals surface area contributed by atoms with Crippen molar-refractivity contribution in [2.45, 2.75) is 40.8 Å². The molecule has 6 N–H and O–H groups in total. The Balaban J connectivity index is 0.000000168. The van der Waals surface area contributed by atoms with Gasteiger partial charge in [-0.05, 0) is 61.1 Å². The molecule has 0 bridgehead atoms. The SMILES string of the molecule is Cc1ccc(CNc2nc(N)c3c(ncn3C)n2)cc1C.Cc1ccc(CNc2nc(N)c3ncn(C)c3n2)cc1C. The largest absolute Gasteiger partial charge is 0.382 e. The number of hydrogen-bond donors (Lipinski definition) is 4. The van der Waals surface area contributed by atoms with Crippen LogP contribution in [0.25, 0.3) is 22.3 Å². The number of nitrogen functional groups attached to an aromatic ring is 2. The molecule has 2 aromatic carbocycles. The molecule has 0 spiro atoms. The highest BCUT2D eigenvalue weighted by atomic mass is 15.2. The van der Waals surface area contributed by atoms with Crippen LogP contribution < -0.4 is 22.1 Å². The third-order valence-corrected chi connectivity index (χ3v) is 7.23. The van der Waals surface area contributed by atoms with Gasteiger partial charge in [0, 0.05) is 27.2 Å². The van der Waals surface area contributed by atoms with Gasteiger partial charge < -0.3 is 31.2 Å². The summed E-state index contributed by atoms with van der Waals surface area (Å²) in [6.07, 6.45) is 3.37. The van der Waals surface area contributed by atoms with Crippen molar-refractivity contribution in [2.75, 3.05) is 22.1 Å². The molecule has 12 heteroatoms. The van der Waals surface area contributed by atoms with Crippen LogP contribution in [0.1, 0.15) is 33.4 Å². The molecule has 6 aromatic rings. The maximum Gasteiger partial charge on any atom is 0.227 e. The number of rotatable bonds is 6. The molecule has 216 valence electrons. The molecular weight excluding hydrogens is 528 g/mol. The predicted molar refractivity (Wildman–Crippen MR) is 168 cm³/mol. The number of aryl methyl sites for hydroxylation is 6. The molecule has 4 aromatic heterocycles. The molecule has 0 saturated heterocycles. The Bertz CT molecular complexity index is 1890. The van der Waals surface area contributed by atoms with Crippen molar-refractivity contribution in [1.29, 1.82) is 0 Å². The summed E-state index contributed by atoms with van der Waals surface area (Å²) in [5, 5.41) is 6.41. The van der Waals surface area contributed by atoms with Gasteiger partial charge in [0.2, 0.25) is 11.9 Å². The molecule has 0 aliphatic rings. The van der Waals surface area contributed by atoms with Crippen LogP contribution >= 0.6 is 0 Å². The van der Waals surface area contributed by atoms with E-state index in [1.165, 1.54) is 33.4 Å². The van der Waals surface area contributed by atoms with E-state index in [1.54, 1.807) is 12.7 Å². The van der Waals surface area contributed by atoms with Gasteiger partial charge >= 0.3 is 0 Å². The van der Waals surface area contributed by atoms with Crippen LogP contribution in [0.4, 0.5) is 23.5 Å². The third-order valence-electron chi connectivity index (χ3n) is 7.23. The van der Waals surface area contributed by atoms with E-state index in [9.17, 15) is 0 Å². The zero-order chi connectivity index (χ0) is 30.0. The molecular formula is C30H36N12. The van der Waals surface area contributed by atoms with Gasteiger partial charge in [-0.3, -0.25) is 0 Å². The van der Waals surface area contributed by atoms with E-state index in [0.717, 1.165) is 11.2 Å². The highest BCUT2D eigenvalue weighted by Crippen LogP contribution is 2.19. The molecule has 42 heavy (non-hydrogen) atoms. The molecule has 6 rings (SSSR count). The van der Waals surface area contributed by atoms with Crippen molar-refractivity contribution in [3.63, 3.8) is 0 Å². The summed E-state index contributed by atoms with van der Waals surface area (Å²) in [5.74, 6) is 1.84. The van der Waals surface area contributed by atoms with Crippen LogP contribution in [-0.2, 0) is 27.2 Å². The maximum absolute atomic E-state index is 5.96. The number of anilines is 4. The van der Waals surface area contributed by atoms with Crippen LogP contribution in [0.5, 0.6) is 0 Å². The zero-order valence-electron chi connectivity index (χ0n) is 24.8. The summed E-state index contributed by atoms with van der Waals surface area (Å²) < 4.78 is 3.65. The number of nitrogens with one attached hydrogen (secondary N) is 2. The van der Waals surface area contributed by atoms with E-state index in [4.69, 9.17) is 11.5 Å². The number of fused-ring (bicyclic) bond motifs is 2. The number of hydrogen-bond acceptors (Lipinski definition) is 10. The van der Waals surface area contributed by atoms with Gasteiger partial charge in [-0.25, -0.2) is 9.97 Å². The average molecular weight is 565 g/mol. The van der Waals surface area contributed by atoms with E-state index >= 15 is 0 Å². The van der Waals surface area contributed by atoms with Crippen molar-refractivity contribution in [3.8, 4) is 0 Å². The zero-order valence-corrected chi connectivity index (χ0v) is 24.8. The molecule has 0 amide bonds.